The molecule has 230 valence electrons. The number of aromatic nitrogens is 1. The molecule has 9 nitrogen and oxygen atoms in total. The fourth-order valence-corrected chi connectivity index (χ4v) is 5.14. The summed E-state index contributed by atoms with van der Waals surface area (Å²) in [6.07, 6.45) is 3.40. The van der Waals surface area contributed by atoms with Gasteiger partial charge in [-0.15, -0.1) is 0 Å². The SMILES string of the molecule is Cc1ccc(C)c(NCCNc2cc(Cl)c(C(=O)NCc3cccc(CN(C)C)c3)cc2NC(=O)c2coc(C3CC3)n2)c1. The number of nitrogens with one attached hydrogen (secondary N) is 4. The molecule has 1 fully saturated rings. The van der Waals surface area contributed by atoms with Crippen molar-refractivity contribution >= 4 is 40.5 Å². The minimum atomic E-state index is -0.427. The molecule has 4 aromatic rings. The average Bonchev–Trinajstić information content (AvgIpc) is 3.72. The standard InChI is InChI=1S/C34H39ClN6O3/c1-21-8-9-22(2)28(14-21)36-12-13-37-29-17-27(35)26(32(42)38-18-23-6-5-7-24(15-23)19-41(3)4)16-30(29)39-33(43)31-20-44-34(40-31)25-10-11-25/h5-9,14-17,20,25,36-37H,10-13,18-19H2,1-4H3,(H,38,42)(H,39,43). The summed E-state index contributed by atoms with van der Waals surface area (Å²) in [6.45, 7) is 6.42. The molecule has 2 amide bonds. The van der Waals surface area contributed by atoms with Crippen molar-refractivity contribution in [3.63, 3.8) is 0 Å². The molecule has 1 aliphatic rings. The highest BCUT2D eigenvalue weighted by molar-refractivity contribution is 6.34. The summed E-state index contributed by atoms with van der Waals surface area (Å²) in [4.78, 5) is 32.9. The predicted octanol–water partition coefficient (Wildman–Crippen LogP) is 6.59. The number of anilines is 3. The van der Waals surface area contributed by atoms with Gasteiger partial charge in [0.1, 0.15) is 6.26 Å². The van der Waals surface area contributed by atoms with Gasteiger partial charge in [0, 0.05) is 37.8 Å². The van der Waals surface area contributed by atoms with Gasteiger partial charge in [0.15, 0.2) is 11.6 Å². The number of hydrogen-bond acceptors (Lipinski definition) is 7. The van der Waals surface area contributed by atoms with Gasteiger partial charge in [-0.2, -0.15) is 0 Å². The Morgan fingerprint density at radius 2 is 1.68 bits per heavy atom. The van der Waals surface area contributed by atoms with E-state index < -0.39 is 5.91 Å². The summed E-state index contributed by atoms with van der Waals surface area (Å²) >= 11 is 6.64. The number of rotatable bonds is 13. The van der Waals surface area contributed by atoms with E-state index >= 15 is 0 Å². The van der Waals surface area contributed by atoms with Gasteiger partial charge in [0.05, 0.1) is 22.0 Å². The first-order valence-corrected chi connectivity index (χ1v) is 15.2. The fourth-order valence-electron chi connectivity index (χ4n) is 4.89. The lowest BCUT2D eigenvalue weighted by molar-refractivity contribution is 0.0949. The highest BCUT2D eigenvalue weighted by Crippen LogP contribution is 2.39. The molecule has 0 bridgehead atoms. The van der Waals surface area contributed by atoms with Gasteiger partial charge in [-0.05, 0) is 81.2 Å². The minimum Gasteiger partial charge on any atom is -0.448 e. The number of hydrogen-bond donors (Lipinski definition) is 4. The van der Waals surface area contributed by atoms with Crippen LogP contribution >= 0.6 is 11.6 Å². The van der Waals surface area contributed by atoms with Gasteiger partial charge in [0.25, 0.3) is 11.8 Å². The maximum absolute atomic E-state index is 13.3. The monoisotopic (exact) mass is 614 g/mol. The van der Waals surface area contributed by atoms with Gasteiger partial charge in [0.2, 0.25) is 0 Å². The quantitative estimate of drug-likeness (QED) is 0.126. The molecule has 10 heteroatoms. The first-order valence-electron chi connectivity index (χ1n) is 14.8. The smallest absolute Gasteiger partial charge is 0.277 e. The molecule has 0 spiro atoms. The molecule has 0 saturated heterocycles. The largest absolute Gasteiger partial charge is 0.448 e. The van der Waals surface area contributed by atoms with Crippen molar-refractivity contribution in [3.05, 3.63) is 105 Å². The van der Waals surface area contributed by atoms with E-state index in [1.165, 1.54) is 11.8 Å². The van der Waals surface area contributed by atoms with Crippen molar-refractivity contribution in [1.29, 1.82) is 0 Å². The second kappa shape index (κ2) is 14.0. The Hall–Kier alpha value is -4.34. The normalized spacial score (nSPS) is 12.7. The Morgan fingerprint density at radius 3 is 2.43 bits per heavy atom. The van der Waals surface area contributed by atoms with E-state index in [1.807, 2.05) is 26.2 Å². The molecule has 1 aromatic heterocycles. The number of carbonyl (C=O) groups is 2. The second-order valence-electron chi connectivity index (χ2n) is 11.6. The number of carbonyl (C=O) groups excluding carboxylic acids is 2. The average molecular weight is 615 g/mol. The third-order valence-electron chi connectivity index (χ3n) is 7.37. The van der Waals surface area contributed by atoms with Crippen LogP contribution in [0, 0.1) is 13.8 Å². The zero-order valence-electron chi connectivity index (χ0n) is 25.6. The summed E-state index contributed by atoms with van der Waals surface area (Å²) in [7, 11) is 4.03. The first-order chi connectivity index (χ1) is 21.2. The van der Waals surface area contributed by atoms with Crippen LogP contribution < -0.4 is 21.3 Å². The van der Waals surface area contributed by atoms with Gasteiger partial charge < -0.3 is 30.6 Å². The predicted molar refractivity (Wildman–Crippen MR) is 176 cm³/mol. The third-order valence-corrected chi connectivity index (χ3v) is 7.69. The first kappa shape index (κ1) is 31.1. The number of amides is 2. The van der Waals surface area contributed by atoms with Crippen molar-refractivity contribution in [3.8, 4) is 0 Å². The van der Waals surface area contributed by atoms with Crippen LogP contribution in [0.5, 0.6) is 0 Å². The van der Waals surface area contributed by atoms with Crippen LogP contribution in [0.4, 0.5) is 17.1 Å². The summed E-state index contributed by atoms with van der Waals surface area (Å²) in [6, 6.07) is 17.6. The molecule has 1 heterocycles. The summed E-state index contributed by atoms with van der Waals surface area (Å²) in [5.41, 5.74) is 6.98. The van der Waals surface area contributed by atoms with Crippen LogP contribution in [0.25, 0.3) is 0 Å². The van der Waals surface area contributed by atoms with E-state index in [-0.39, 0.29) is 28.1 Å². The summed E-state index contributed by atoms with van der Waals surface area (Å²) in [5, 5.41) is 12.9. The maximum atomic E-state index is 13.3. The molecule has 1 saturated carbocycles. The maximum Gasteiger partial charge on any atom is 0.277 e. The number of nitrogens with zero attached hydrogens (tertiary/aromatic N) is 2. The Morgan fingerprint density at radius 1 is 0.932 bits per heavy atom. The minimum absolute atomic E-state index is 0.188. The highest BCUT2D eigenvalue weighted by atomic mass is 35.5. The zero-order chi connectivity index (χ0) is 31.2. The van der Waals surface area contributed by atoms with Gasteiger partial charge >= 0.3 is 0 Å². The molecular weight excluding hydrogens is 576 g/mol. The Bertz CT molecular complexity index is 1650. The fraction of sp³-hybridized carbons (Fsp3) is 0.324. The molecule has 4 N–H and O–H groups in total. The van der Waals surface area contributed by atoms with Crippen molar-refractivity contribution in [2.75, 3.05) is 43.1 Å². The van der Waals surface area contributed by atoms with E-state index in [1.54, 1.807) is 12.1 Å². The van der Waals surface area contributed by atoms with Gasteiger partial charge in [-0.1, -0.05) is 48.0 Å². The molecule has 1 aliphatic carbocycles. The summed E-state index contributed by atoms with van der Waals surface area (Å²) < 4.78 is 5.52. The van der Waals surface area contributed by atoms with Crippen molar-refractivity contribution in [2.45, 2.75) is 45.7 Å². The molecular formula is C34H39ClN6O3. The molecule has 3 aromatic carbocycles. The van der Waals surface area contributed by atoms with Crippen LogP contribution in [0.2, 0.25) is 5.02 Å². The number of halogens is 1. The van der Waals surface area contributed by atoms with Crippen LogP contribution in [-0.2, 0) is 13.1 Å². The lowest BCUT2D eigenvalue weighted by Gasteiger charge is -2.17. The van der Waals surface area contributed by atoms with Crippen LogP contribution in [0.15, 0.2) is 65.3 Å². The second-order valence-corrected chi connectivity index (χ2v) is 12.0. The zero-order valence-corrected chi connectivity index (χ0v) is 26.3. The van der Waals surface area contributed by atoms with E-state index in [0.717, 1.165) is 41.8 Å². The molecule has 0 atom stereocenters. The molecule has 5 rings (SSSR count). The van der Waals surface area contributed by atoms with Crippen molar-refractivity contribution < 1.29 is 14.0 Å². The van der Waals surface area contributed by atoms with Gasteiger partial charge in [-0.3, -0.25) is 9.59 Å². The Balaban J connectivity index is 1.31. The third kappa shape index (κ3) is 8.18. The van der Waals surface area contributed by atoms with Crippen molar-refractivity contribution in [2.24, 2.45) is 0 Å². The number of aryl methyl sites for hydroxylation is 2. The van der Waals surface area contributed by atoms with E-state index in [2.05, 4.69) is 75.3 Å². The van der Waals surface area contributed by atoms with E-state index in [4.69, 9.17) is 16.0 Å². The number of oxazole rings is 1. The van der Waals surface area contributed by atoms with E-state index in [0.29, 0.717) is 36.9 Å². The summed E-state index contributed by atoms with van der Waals surface area (Å²) in [5.74, 6) is 0.0947. The molecule has 0 radical (unpaired) electrons. The van der Waals surface area contributed by atoms with Crippen LogP contribution in [0.1, 0.15) is 67.8 Å². The highest BCUT2D eigenvalue weighted by Gasteiger charge is 2.29. The van der Waals surface area contributed by atoms with Gasteiger partial charge in [-0.25, -0.2) is 4.98 Å². The van der Waals surface area contributed by atoms with Crippen LogP contribution in [-0.4, -0.2) is 48.9 Å². The van der Waals surface area contributed by atoms with Crippen molar-refractivity contribution in [1.82, 2.24) is 15.2 Å². The Labute approximate surface area is 263 Å². The lowest BCUT2D eigenvalue weighted by atomic mass is 10.1. The topological polar surface area (TPSA) is 112 Å². The van der Waals surface area contributed by atoms with Crippen LogP contribution in [0.3, 0.4) is 0 Å². The lowest BCUT2D eigenvalue weighted by Crippen LogP contribution is -2.24. The molecule has 0 unspecified atom stereocenters. The Kier molecular flexibility index (Phi) is 9.87. The number of benzene rings is 3. The van der Waals surface area contributed by atoms with E-state index in [9.17, 15) is 9.59 Å². The molecule has 0 aliphatic heterocycles. The molecule has 44 heavy (non-hydrogen) atoms.